The van der Waals surface area contributed by atoms with E-state index in [2.05, 4.69) is 0 Å². The summed E-state index contributed by atoms with van der Waals surface area (Å²) < 4.78 is 0. The zero-order valence-electron chi connectivity index (χ0n) is 7.95. The first-order chi connectivity index (χ1) is 6.57. The van der Waals surface area contributed by atoms with Crippen molar-refractivity contribution in [1.82, 2.24) is 10.3 Å². The van der Waals surface area contributed by atoms with Crippen LogP contribution in [0.5, 0.6) is 0 Å². The Balaban J connectivity index is 2.69. The summed E-state index contributed by atoms with van der Waals surface area (Å²) in [5.41, 5.74) is 0. The highest BCUT2D eigenvalue weighted by atomic mass is 16.2. The van der Waals surface area contributed by atoms with Gasteiger partial charge in [0.2, 0.25) is 5.91 Å². The summed E-state index contributed by atoms with van der Waals surface area (Å²) in [6.45, 7) is 1.95. The molecule has 0 saturated carbocycles. The molecule has 0 spiro atoms. The molecule has 1 saturated heterocycles. The van der Waals surface area contributed by atoms with Crippen molar-refractivity contribution in [2.45, 2.75) is 26.2 Å². The first kappa shape index (κ1) is 10.6. The molecule has 1 atom stereocenters. The molecule has 0 bridgehead atoms. The fraction of sp³-hybridized carbons (Fsp3) is 0.625. The van der Waals surface area contributed by atoms with Gasteiger partial charge in [-0.3, -0.25) is 14.9 Å². The van der Waals surface area contributed by atoms with Crippen LogP contribution >= 0.6 is 0 Å². The monoisotopic (exact) mass is 199 g/mol. The third kappa shape index (κ3) is 1.90. The van der Waals surface area contributed by atoms with Crippen molar-refractivity contribution in [2.75, 3.05) is 0 Å². The number of rotatable bonds is 3. The van der Waals surface area contributed by atoms with E-state index in [1.165, 1.54) is 0 Å². The minimum atomic E-state index is -0.854. The molecule has 0 aromatic carbocycles. The molecule has 0 aromatic heterocycles. The zero-order chi connectivity index (χ0) is 10.7. The number of carbonyl (C=O) groups excluding carboxylic acids is 3. The number of nitrogens with one attached hydrogen (secondary N) is 1. The van der Waals surface area contributed by atoms with Crippen LogP contribution in [-0.2, 0) is 9.59 Å². The fourth-order valence-electron chi connectivity index (χ4n) is 1.30. The Hall–Kier alpha value is -1.43. The van der Waals surface area contributed by atoms with Gasteiger partial charge in [0.25, 0.3) is 5.91 Å². The van der Waals surface area contributed by atoms with Gasteiger partial charge >= 0.3 is 6.03 Å². The van der Waals surface area contributed by atoms with E-state index >= 15 is 0 Å². The van der Waals surface area contributed by atoms with Crippen molar-refractivity contribution >= 4 is 17.8 Å². The Morgan fingerprint density at radius 2 is 2.07 bits per heavy atom. The third-order valence-corrected chi connectivity index (χ3v) is 2.15. The topological polar surface area (TPSA) is 92.5 Å². The minimum Gasteiger partial charge on any atom is -0.276 e. The highest BCUT2D eigenvalue weighted by Gasteiger charge is 2.38. The molecule has 1 aliphatic rings. The molecule has 1 aliphatic heterocycles. The second-order valence-electron chi connectivity index (χ2n) is 3.20. The predicted octanol–water partition coefficient (Wildman–Crippen LogP) is -0.255. The molecular weight excluding hydrogens is 186 g/mol. The molecule has 3 N–H and O–H groups in total. The predicted molar refractivity (Wildman–Crippen MR) is 47.6 cm³/mol. The Labute approximate surface area is 81.4 Å². The Kier molecular flexibility index (Phi) is 3.19. The molecule has 0 radical (unpaired) electrons. The number of unbranched alkanes of at least 4 members (excludes halogenated alkanes) is 1. The molecular formula is C8H13N3O3. The van der Waals surface area contributed by atoms with Gasteiger partial charge in [0, 0.05) is 0 Å². The fourth-order valence-corrected chi connectivity index (χ4v) is 1.30. The van der Waals surface area contributed by atoms with E-state index in [4.69, 9.17) is 5.84 Å². The summed E-state index contributed by atoms with van der Waals surface area (Å²) in [6, 6.07) is -0.854. The number of hydrazine groups is 1. The Morgan fingerprint density at radius 1 is 1.43 bits per heavy atom. The third-order valence-electron chi connectivity index (χ3n) is 2.15. The van der Waals surface area contributed by atoms with Crippen LogP contribution < -0.4 is 11.2 Å². The maximum Gasteiger partial charge on any atom is 0.345 e. The smallest absolute Gasteiger partial charge is 0.276 e. The molecule has 4 amide bonds. The Bertz CT molecular complexity index is 277. The number of urea groups is 1. The molecule has 0 aromatic rings. The van der Waals surface area contributed by atoms with Crippen molar-refractivity contribution in [2.24, 2.45) is 11.8 Å². The number of imide groups is 2. The summed E-state index contributed by atoms with van der Waals surface area (Å²) in [4.78, 5) is 33.5. The molecule has 6 nitrogen and oxygen atoms in total. The molecule has 14 heavy (non-hydrogen) atoms. The lowest BCUT2D eigenvalue weighted by molar-refractivity contribution is -0.143. The highest BCUT2D eigenvalue weighted by molar-refractivity contribution is 6.15. The lowest BCUT2D eigenvalue weighted by Gasteiger charge is -2.26. The number of carbonyl (C=O) groups is 3. The van der Waals surface area contributed by atoms with Crippen molar-refractivity contribution < 1.29 is 14.4 Å². The average molecular weight is 199 g/mol. The average Bonchev–Trinajstić information content (AvgIpc) is 2.14. The van der Waals surface area contributed by atoms with Gasteiger partial charge in [-0.2, -0.15) is 5.01 Å². The number of hydrogen-bond acceptors (Lipinski definition) is 4. The first-order valence-electron chi connectivity index (χ1n) is 4.51. The summed E-state index contributed by atoms with van der Waals surface area (Å²) in [5, 5.41) is 2.48. The maximum absolute atomic E-state index is 11.4. The number of hydrogen-bond donors (Lipinski definition) is 2. The lowest BCUT2D eigenvalue weighted by Crippen LogP contribution is -2.60. The molecule has 1 heterocycles. The number of barbiturate groups is 1. The molecule has 78 valence electrons. The van der Waals surface area contributed by atoms with Crippen LogP contribution in [0.4, 0.5) is 4.79 Å². The molecule has 1 fully saturated rings. The summed E-state index contributed by atoms with van der Waals surface area (Å²) in [5.74, 6) is 3.19. The summed E-state index contributed by atoms with van der Waals surface area (Å²) in [6.07, 6.45) is 2.07. The largest absolute Gasteiger partial charge is 0.345 e. The van der Waals surface area contributed by atoms with Crippen LogP contribution in [0.15, 0.2) is 0 Å². The van der Waals surface area contributed by atoms with Crippen LogP contribution in [0.3, 0.4) is 0 Å². The van der Waals surface area contributed by atoms with Crippen LogP contribution in [-0.4, -0.2) is 22.9 Å². The first-order valence-corrected chi connectivity index (χ1v) is 4.51. The van der Waals surface area contributed by atoms with Gasteiger partial charge in [0.05, 0.1) is 0 Å². The standard InChI is InChI=1S/C8H13N3O3/c1-2-3-4-5-6(12)10-8(14)11(9)7(5)13/h5H,2-4,9H2,1H3,(H,10,12,14). The number of amides is 4. The van der Waals surface area contributed by atoms with Gasteiger partial charge in [-0.15, -0.1) is 0 Å². The van der Waals surface area contributed by atoms with Crippen molar-refractivity contribution in [3.8, 4) is 0 Å². The van der Waals surface area contributed by atoms with Crippen LogP contribution in [0.25, 0.3) is 0 Å². The van der Waals surface area contributed by atoms with E-state index < -0.39 is 23.8 Å². The molecule has 6 heteroatoms. The van der Waals surface area contributed by atoms with E-state index in [1.807, 2.05) is 12.2 Å². The molecule has 0 aliphatic carbocycles. The van der Waals surface area contributed by atoms with E-state index in [0.717, 1.165) is 12.8 Å². The van der Waals surface area contributed by atoms with E-state index in [9.17, 15) is 14.4 Å². The second-order valence-corrected chi connectivity index (χ2v) is 3.20. The molecule has 1 rings (SSSR count). The Morgan fingerprint density at radius 3 is 2.64 bits per heavy atom. The zero-order valence-corrected chi connectivity index (χ0v) is 7.95. The van der Waals surface area contributed by atoms with Crippen LogP contribution in [0.1, 0.15) is 26.2 Å². The SMILES string of the molecule is CCCCC1C(=O)NC(=O)N(N)C1=O. The molecule has 1 unspecified atom stereocenters. The summed E-state index contributed by atoms with van der Waals surface area (Å²) >= 11 is 0. The van der Waals surface area contributed by atoms with Crippen molar-refractivity contribution in [3.05, 3.63) is 0 Å². The summed E-state index contributed by atoms with van der Waals surface area (Å²) in [7, 11) is 0. The van der Waals surface area contributed by atoms with E-state index in [1.54, 1.807) is 0 Å². The van der Waals surface area contributed by atoms with Crippen molar-refractivity contribution in [3.63, 3.8) is 0 Å². The maximum atomic E-state index is 11.4. The van der Waals surface area contributed by atoms with Gasteiger partial charge < -0.3 is 0 Å². The highest BCUT2D eigenvalue weighted by Crippen LogP contribution is 2.14. The quantitative estimate of drug-likeness (QED) is 0.372. The lowest BCUT2D eigenvalue weighted by atomic mass is 9.99. The van der Waals surface area contributed by atoms with Gasteiger partial charge in [-0.05, 0) is 6.42 Å². The number of nitrogens with two attached hydrogens (primary N) is 1. The van der Waals surface area contributed by atoms with Gasteiger partial charge in [-0.1, -0.05) is 19.8 Å². The van der Waals surface area contributed by atoms with E-state index in [0.29, 0.717) is 11.4 Å². The second kappa shape index (κ2) is 4.19. The van der Waals surface area contributed by atoms with Gasteiger partial charge in [-0.25, -0.2) is 10.6 Å². The van der Waals surface area contributed by atoms with Crippen LogP contribution in [0.2, 0.25) is 0 Å². The van der Waals surface area contributed by atoms with Crippen molar-refractivity contribution in [1.29, 1.82) is 0 Å². The normalized spacial score (nSPS) is 22.6. The minimum absolute atomic E-state index is 0.433. The van der Waals surface area contributed by atoms with E-state index in [-0.39, 0.29) is 0 Å². The van der Waals surface area contributed by atoms with Crippen LogP contribution in [0, 0.1) is 5.92 Å². The van der Waals surface area contributed by atoms with Gasteiger partial charge in [0.1, 0.15) is 5.92 Å². The number of nitrogens with zero attached hydrogens (tertiary/aromatic N) is 1. The van der Waals surface area contributed by atoms with Gasteiger partial charge in [0.15, 0.2) is 0 Å².